The molecule has 246 valence electrons. The predicted molar refractivity (Wildman–Crippen MR) is 219 cm³/mol. The highest BCUT2D eigenvalue weighted by Gasteiger charge is 2.18. The molecule has 0 saturated heterocycles. The minimum Gasteiger partial charge on any atom is -0.455 e. The Hall–Kier alpha value is -7.17. The Morgan fingerprint density at radius 3 is 1.60 bits per heavy atom. The first-order valence-corrected chi connectivity index (χ1v) is 17.9. The number of fused-ring (bicyclic) bond motifs is 10. The maximum absolute atomic E-state index is 6.58. The molecule has 0 unspecified atom stereocenters. The lowest BCUT2D eigenvalue weighted by Crippen LogP contribution is -2.00. The molecule has 0 bridgehead atoms. The third-order valence-corrected chi connectivity index (χ3v) is 10.5. The van der Waals surface area contributed by atoms with E-state index in [1.54, 1.807) is 0 Å². The molecule has 4 heteroatoms. The van der Waals surface area contributed by atoms with Crippen LogP contribution in [0.3, 0.4) is 0 Å². The Morgan fingerprint density at radius 2 is 0.849 bits per heavy atom. The van der Waals surface area contributed by atoms with Crippen molar-refractivity contribution in [1.82, 2.24) is 15.0 Å². The topological polar surface area (TPSA) is 51.8 Å². The molecule has 0 aliphatic heterocycles. The van der Waals surface area contributed by atoms with E-state index in [0.717, 1.165) is 54.8 Å². The molecule has 4 nitrogen and oxygen atoms in total. The van der Waals surface area contributed by atoms with E-state index in [1.807, 2.05) is 36.4 Å². The Bertz CT molecular complexity index is 3220. The molecule has 11 rings (SSSR count). The zero-order valence-electron chi connectivity index (χ0n) is 28.5. The monoisotopic (exact) mass is 675 g/mol. The minimum atomic E-state index is 0.610. The molecule has 2 aromatic heterocycles. The summed E-state index contributed by atoms with van der Waals surface area (Å²) in [5, 5.41) is 11.7. The van der Waals surface area contributed by atoms with E-state index in [2.05, 4.69) is 140 Å². The lowest BCUT2D eigenvalue weighted by molar-refractivity contribution is 0.672. The van der Waals surface area contributed by atoms with Crippen molar-refractivity contribution < 1.29 is 4.42 Å². The summed E-state index contributed by atoms with van der Waals surface area (Å²) in [6.45, 7) is 0. The Morgan fingerprint density at radius 1 is 0.302 bits per heavy atom. The van der Waals surface area contributed by atoms with Gasteiger partial charge in [-0.25, -0.2) is 15.0 Å². The van der Waals surface area contributed by atoms with Gasteiger partial charge in [0.15, 0.2) is 17.5 Å². The van der Waals surface area contributed by atoms with Gasteiger partial charge in [-0.05, 0) is 79.2 Å². The highest BCUT2D eigenvalue weighted by Crippen LogP contribution is 2.41. The fourth-order valence-electron chi connectivity index (χ4n) is 7.91. The van der Waals surface area contributed by atoms with Gasteiger partial charge in [-0.15, -0.1) is 0 Å². The van der Waals surface area contributed by atoms with E-state index < -0.39 is 0 Å². The number of furan rings is 1. The SMILES string of the molecule is c1ccc(-c2nc(-c3ccc4c(ccc5c6ccccc6ccc45)c3)nc(-c3ccc4oc5c6ccccc6c(-c6ccccc6)cc5c4c3)n2)cc1. The number of nitrogens with zero attached hydrogens (tertiary/aromatic N) is 3. The molecular formula is C49H29N3O. The predicted octanol–water partition coefficient (Wildman–Crippen LogP) is 13.1. The highest BCUT2D eigenvalue weighted by atomic mass is 16.3. The van der Waals surface area contributed by atoms with Gasteiger partial charge in [0.25, 0.3) is 0 Å². The van der Waals surface area contributed by atoms with Crippen LogP contribution in [-0.2, 0) is 0 Å². The molecule has 0 fully saturated rings. The first-order chi connectivity index (χ1) is 26.2. The van der Waals surface area contributed by atoms with Crippen molar-refractivity contribution in [3.05, 3.63) is 176 Å². The molecule has 0 saturated carbocycles. The van der Waals surface area contributed by atoms with E-state index in [0.29, 0.717) is 17.5 Å². The standard InChI is InChI=1S/C49H29N3O/c1-3-11-30(12-4-1)42-29-44-43-28-35(22-26-45(43)53-46(44)41-18-10-9-17-38(41)42)49-51-47(32-14-5-2-6-15-32)50-48(52-49)34-21-23-37-33(27-34)20-25-39-36-16-8-7-13-31(36)19-24-40(37)39/h1-29H. The molecule has 0 atom stereocenters. The lowest BCUT2D eigenvalue weighted by Gasteiger charge is -2.11. The van der Waals surface area contributed by atoms with Crippen molar-refractivity contribution in [2.45, 2.75) is 0 Å². The summed E-state index contributed by atoms with van der Waals surface area (Å²) >= 11 is 0. The zero-order chi connectivity index (χ0) is 34.9. The average Bonchev–Trinajstić information content (AvgIpc) is 3.61. The van der Waals surface area contributed by atoms with Crippen LogP contribution in [0, 0.1) is 0 Å². The highest BCUT2D eigenvalue weighted by molar-refractivity contribution is 6.20. The normalized spacial score (nSPS) is 11.8. The Labute approximate surface area is 304 Å². The largest absolute Gasteiger partial charge is 0.455 e. The van der Waals surface area contributed by atoms with Crippen LogP contribution in [0.15, 0.2) is 180 Å². The zero-order valence-corrected chi connectivity index (χ0v) is 28.5. The number of hydrogen-bond donors (Lipinski definition) is 0. The minimum absolute atomic E-state index is 0.610. The molecular weight excluding hydrogens is 647 g/mol. The van der Waals surface area contributed by atoms with Crippen LogP contribution in [0.5, 0.6) is 0 Å². The van der Waals surface area contributed by atoms with Crippen LogP contribution in [0.1, 0.15) is 0 Å². The number of rotatable bonds is 4. The van der Waals surface area contributed by atoms with E-state index in [4.69, 9.17) is 19.4 Å². The van der Waals surface area contributed by atoms with Crippen molar-refractivity contribution in [1.29, 1.82) is 0 Å². The molecule has 9 aromatic carbocycles. The van der Waals surface area contributed by atoms with E-state index in [-0.39, 0.29) is 0 Å². The average molecular weight is 676 g/mol. The molecule has 2 heterocycles. The van der Waals surface area contributed by atoms with Crippen LogP contribution in [0.4, 0.5) is 0 Å². The molecule has 0 aliphatic rings. The van der Waals surface area contributed by atoms with Crippen molar-refractivity contribution >= 4 is 65.0 Å². The van der Waals surface area contributed by atoms with Crippen LogP contribution < -0.4 is 0 Å². The van der Waals surface area contributed by atoms with Crippen molar-refractivity contribution in [3.8, 4) is 45.3 Å². The van der Waals surface area contributed by atoms with Crippen molar-refractivity contribution in [2.75, 3.05) is 0 Å². The summed E-state index contributed by atoms with van der Waals surface area (Å²) < 4.78 is 6.58. The van der Waals surface area contributed by atoms with E-state index >= 15 is 0 Å². The molecule has 0 N–H and O–H groups in total. The maximum Gasteiger partial charge on any atom is 0.164 e. The molecule has 0 aliphatic carbocycles. The van der Waals surface area contributed by atoms with Crippen LogP contribution in [-0.4, -0.2) is 15.0 Å². The third kappa shape index (κ3) is 4.80. The van der Waals surface area contributed by atoms with Crippen LogP contribution in [0.2, 0.25) is 0 Å². The van der Waals surface area contributed by atoms with Gasteiger partial charge in [0.1, 0.15) is 11.2 Å². The van der Waals surface area contributed by atoms with Gasteiger partial charge in [-0.2, -0.15) is 0 Å². The summed E-state index contributed by atoms with van der Waals surface area (Å²) in [7, 11) is 0. The molecule has 0 spiro atoms. The molecule has 0 radical (unpaired) electrons. The summed E-state index contributed by atoms with van der Waals surface area (Å²) in [5.74, 6) is 1.87. The maximum atomic E-state index is 6.58. The van der Waals surface area contributed by atoms with Crippen molar-refractivity contribution in [2.24, 2.45) is 0 Å². The van der Waals surface area contributed by atoms with Gasteiger partial charge in [-0.1, -0.05) is 146 Å². The number of hydrogen-bond acceptors (Lipinski definition) is 4. The van der Waals surface area contributed by atoms with E-state index in [9.17, 15) is 0 Å². The van der Waals surface area contributed by atoms with Gasteiger partial charge < -0.3 is 4.42 Å². The molecule has 0 amide bonds. The van der Waals surface area contributed by atoms with Crippen molar-refractivity contribution in [3.63, 3.8) is 0 Å². The second kappa shape index (κ2) is 11.7. The second-order valence-electron chi connectivity index (χ2n) is 13.6. The van der Waals surface area contributed by atoms with Crippen LogP contribution in [0.25, 0.3) is 110 Å². The summed E-state index contributed by atoms with van der Waals surface area (Å²) in [4.78, 5) is 15.3. The summed E-state index contributed by atoms with van der Waals surface area (Å²) in [5.41, 5.74) is 6.82. The first-order valence-electron chi connectivity index (χ1n) is 17.9. The van der Waals surface area contributed by atoms with Gasteiger partial charge >= 0.3 is 0 Å². The molecule has 11 aromatic rings. The lowest BCUT2D eigenvalue weighted by atomic mass is 9.95. The summed E-state index contributed by atoms with van der Waals surface area (Å²) in [6.07, 6.45) is 0. The number of aromatic nitrogens is 3. The summed E-state index contributed by atoms with van der Waals surface area (Å²) in [6, 6.07) is 61.6. The van der Waals surface area contributed by atoms with Gasteiger partial charge in [0, 0.05) is 32.8 Å². The fourth-order valence-corrected chi connectivity index (χ4v) is 7.91. The fraction of sp³-hybridized carbons (Fsp3) is 0. The smallest absolute Gasteiger partial charge is 0.164 e. The second-order valence-corrected chi connectivity index (χ2v) is 13.6. The Balaban J connectivity index is 1.10. The van der Waals surface area contributed by atoms with E-state index in [1.165, 1.54) is 38.1 Å². The quantitative estimate of drug-likeness (QED) is 0.174. The first kappa shape index (κ1) is 29.5. The van der Waals surface area contributed by atoms with Gasteiger partial charge in [0.2, 0.25) is 0 Å². The van der Waals surface area contributed by atoms with Gasteiger partial charge in [0.05, 0.1) is 0 Å². The van der Waals surface area contributed by atoms with Gasteiger partial charge in [-0.3, -0.25) is 0 Å². The molecule has 53 heavy (non-hydrogen) atoms. The third-order valence-electron chi connectivity index (χ3n) is 10.5. The number of benzene rings is 9. The Kier molecular flexibility index (Phi) is 6.52. The van der Waals surface area contributed by atoms with Crippen LogP contribution >= 0.6 is 0 Å².